The highest BCUT2D eigenvalue weighted by Crippen LogP contribution is 2.17. The summed E-state index contributed by atoms with van der Waals surface area (Å²) < 4.78 is 0. The summed E-state index contributed by atoms with van der Waals surface area (Å²) in [4.78, 5) is 15.5. The Morgan fingerprint density at radius 2 is 2.05 bits per heavy atom. The van der Waals surface area contributed by atoms with E-state index in [1.165, 1.54) is 0 Å². The van der Waals surface area contributed by atoms with Crippen molar-refractivity contribution in [2.24, 2.45) is 11.7 Å². The Hall–Kier alpha value is -1.90. The number of fused-ring (bicyclic) bond motifs is 1. The van der Waals surface area contributed by atoms with E-state index in [-0.39, 0.29) is 5.91 Å². The minimum absolute atomic E-state index is 0.259. The maximum Gasteiger partial charge on any atom is 0.217 e. The molecule has 3 nitrogen and oxygen atoms in total. The Labute approximate surface area is 113 Å². The molecule has 2 rings (SSSR count). The number of carbonyl (C=O) groups excluding carboxylic acids is 1. The third kappa shape index (κ3) is 3.78. The lowest BCUT2D eigenvalue weighted by Crippen LogP contribution is -2.11. The molecule has 100 valence electrons. The van der Waals surface area contributed by atoms with Gasteiger partial charge in [-0.05, 0) is 42.5 Å². The molecular formula is C16H20N2O. The molecule has 1 aromatic carbocycles. The van der Waals surface area contributed by atoms with Crippen LogP contribution in [0.15, 0.2) is 30.3 Å². The largest absolute Gasteiger partial charge is 0.370 e. The van der Waals surface area contributed by atoms with Crippen molar-refractivity contribution in [1.29, 1.82) is 0 Å². The van der Waals surface area contributed by atoms with E-state index in [0.717, 1.165) is 28.6 Å². The number of amides is 1. The van der Waals surface area contributed by atoms with Gasteiger partial charge in [-0.1, -0.05) is 26.0 Å². The maximum atomic E-state index is 10.8. The molecule has 1 amide bonds. The first kappa shape index (κ1) is 13.5. The van der Waals surface area contributed by atoms with Gasteiger partial charge in [0.1, 0.15) is 0 Å². The number of hydrogen-bond donors (Lipinski definition) is 1. The third-order valence-corrected chi connectivity index (χ3v) is 3.09. The molecule has 0 aliphatic rings. The summed E-state index contributed by atoms with van der Waals surface area (Å²) in [7, 11) is 0. The van der Waals surface area contributed by atoms with Gasteiger partial charge in [-0.3, -0.25) is 9.78 Å². The molecule has 0 saturated carbocycles. The predicted molar refractivity (Wildman–Crippen MR) is 77.8 cm³/mol. The number of primary amides is 1. The molecule has 19 heavy (non-hydrogen) atoms. The first-order chi connectivity index (χ1) is 9.04. The van der Waals surface area contributed by atoms with Crippen molar-refractivity contribution in [3.8, 4) is 0 Å². The number of nitrogens with two attached hydrogens (primary N) is 1. The smallest absolute Gasteiger partial charge is 0.217 e. The second-order valence-electron chi connectivity index (χ2n) is 5.39. The highest BCUT2D eigenvalue weighted by Gasteiger charge is 2.03. The van der Waals surface area contributed by atoms with Crippen LogP contribution >= 0.6 is 0 Å². The molecule has 0 atom stereocenters. The first-order valence-corrected chi connectivity index (χ1v) is 6.71. The van der Waals surface area contributed by atoms with E-state index in [9.17, 15) is 4.79 Å². The van der Waals surface area contributed by atoms with Gasteiger partial charge in [0.15, 0.2) is 0 Å². The molecule has 2 N–H and O–H groups in total. The van der Waals surface area contributed by atoms with Crippen LogP contribution in [0, 0.1) is 5.92 Å². The van der Waals surface area contributed by atoms with Gasteiger partial charge in [-0.2, -0.15) is 0 Å². The Bertz CT molecular complexity index is 590. The van der Waals surface area contributed by atoms with E-state index >= 15 is 0 Å². The molecule has 2 aromatic rings. The summed E-state index contributed by atoms with van der Waals surface area (Å²) in [5.41, 5.74) is 8.44. The summed E-state index contributed by atoms with van der Waals surface area (Å²) >= 11 is 0. The molecule has 0 saturated heterocycles. The molecular weight excluding hydrogens is 236 g/mol. The number of rotatable bonds is 5. The van der Waals surface area contributed by atoms with Gasteiger partial charge in [0, 0.05) is 17.5 Å². The fraction of sp³-hybridized carbons (Fsp3) is 0.375. The normalized spacial score (nSPS) is 11.1. The fourth-order valence-electron chi connectivity index (χ4n) is 2.17. The summed E-state index contributed by atoms with van der Waals surface area (Å²) in [6.45, 7) is 4.39. The highest BCUT2D eigenvalue weighted by molar-refractivity contribution is 5.80. The summed E-state index contributed by atoms with van der Waals surface area (Å²) in [6.07, 6.45) is 2.09. The van der Waals surface area contributed by atoms with E-state index in [1.807, 2.05) is 12.1 Å². The number of benzene rings is 1. The zero-order valence-corrected chi connectivity index (χ0v) is 11.5. The van der Waals surface area contributed by atoms with Crippen LogP contribution in [0.1, 0.15) is 31.5 Å². The van der Waals surface area contributed by atoms with Crippen molar-refractivity contribution >= 4 is 16.8 Å². The van der Waals surface area contributed by atoms with Crippen LogP contribution in [0.4, 0.5) is 0 Å². The topological polar surface area (TPSA) is 56.0 Å². The quantitative estimate of drug-likeness (QED) is 0.894. The number of nitrogens with zero attached hydrogens (tertiary/aromatic N) is 1. The van der Waals surface area contributed by atoms with Crippen molar-refractivity contribution in [2.75, 3.05) is 0 Å². The predicted octanol–water partition coefficient (Wildman–Crippen LogP) is 2.85. The fourth-order valence-corrected chi connectivity index (χ4v) is 2.17. The Kier molecular flexibility index (Phi) is 4.15. The number of hydrogen-bond acceptors (Lipinski definition) is 2. The summed E-state index contributed by atoms with van der Waals surface area (Å²) in [5.74, 6) is 0.352. The molecule has 0 fully saturated rings. The van der Waals surface area contributed by atoms with Crippen LogP contribution in [-0.4, -0.2) is 10.9 Å². The number of carbonyl (C=O) groups is 1. The zero-order valence-electron chi connectivity index (χ0n) is 11.5. The molecule has 1 aromatic heterocycles. The molecule has 0 aliphatic heterocycles. The first-order valence-electron chi connectivity index (χ1n) is 6.71. The van der Waals surface area contributed by atoms with E-state index in [2.05, 4.69) is 37.0 Å². The van der Waals surface area contributed by atoms with E-state index in [4.69, 9.17) is 5.73 Å². The lowest BCUT2D eigenvalue weighted by molar-refractivity contribution is -0.117. The van der Waals surface area contributed by atoms with Crippen LogP contribution in [0.5, 0.6) is 0 Å². The molecule has 0 radical (unpaired) electrons. The molecule has 0 unspecified atom stereocenters. The third-order valence-electron chi connectivity index (χ3n) is 3.09. The molecule has 1 heterocycles. The van der Waals surface area contributed by atoms with Crippen LogP contribution in [-0.2, 0) is 17.6 Å². The van der Waals surface area contributed by atoms with Crippen molar-refractivity contribution in [3.05, 3.63) is 41.6 Å². The van der Waals surface area contributed by atoms with Crippen molar-refractivity contribution in [3.63, 3.8) is 0 Å². The Morgan fingerprint density at radius 3 is 2.74 bits per heavy atom. The maximum absolute atomic E-state index is 10.8. The number of aryl methyl sites for hydroxylation is 1. The number of pyridine rings is 1. The van der Waals surface area contributed by atoms with Gasteiger partial charge in [0.2, 0.25) is 5.91 Å². The minimum atomic E-state index is -0.259. The van der Waals surface area contributed by atoms with Crippen LogP contribution in [0.2, 0.25) is 0 Å². The lowest BCUT2D eigenvalue weighted by atomic mass is 10.0. The zero-order chi connectivity index (χ0) is 13.8. The van der Waals surface area contributed by atoms with Crippen LogP contribution in [0.25, 0.3) is 10.9 Å². The van der Waals surface area contributed by atoms with Gasteiger partial charge >= 0.3 is 0 Å². The lowest BCUT2D eigenvalue weighted by Gasteiger charge is -2.07. The number of aromatic nitrogens is 1. The van der Waals surface area contributed by atoms with E-state index in [0.29, 0.717) is 18.8 Å². The highest BCUT2D eigenvalue weighted by atomic mass is 16.1. The minimum Gasteiger partial charge on any atom is -0.370 e. The van der Waals surface area contributed by atoms with Crippen molar-refractivity contribution in [1.82, 2.24) is 4.98 Å². The molecule has 0 aliphatic carbocycles. The van der Waals surface area contributed by atoms with Gasteiger partial charge < -0.3 is 5.73 Å². The second kappa shape index (κ2) is 5.83. The standard InChI is InChI=1S/C16H20N2O/c1-11(2)9-14-6-5-13-10-12(4-8-16(17)19)3-7-15(13)18-14/h3,5-7,10-11H,4,8-9H2,1-2H3,(H2,17,19). The summed E-state index contributed by atoms with van der Waals surface area (Å²) in [5, 5.41) is 1.12. The monoisotopic (exact) mass is 256 g/mol. The Balaban J connectivity index is 2.22. The van der Waals surface area contributed by atoms with Gasteiger partial charge in [-0.15, -0.1) is 0 Å². The molecule has 0 spiro atoms. The van der Waals surface area contributed by atoms with Gasteiger partial charge in [0.05, 0.1) is 5.52 Å². The molecule has 3 heteroatoms. The van der Waals surface area contributed by atoms with Crippen LogP contribution in [0.3, 0.4) is 0 Å². The van der Waals surface area contributed by atoms with Crippen molar-refractivity contribution < 1.29 is 4.79 Å². The average Bonchev–Trinajstić information content (AvgIpc) is 2.35. The van der Waals surface area contributed by atoms with E-state index < -0.39 is 0 Å². The summed E-state index contributed by atoms with van der Waals surface area (Å²) in [6, 6.07) is 10.3. The molecule has 0 bridgehead atoms. The van der Waals surface area contributed by atoms with E-state index in [1.54, 1.807) is 0 Å². The average molecular weight is 256 g/mol. The van der Waals surface area contributed by atoms with Crippen molar-refractivity contribution in [2.45, 2.75) is 33.1 Å². The van der Waals surface area contributed by atoms with Gasteiger partial charge in [0.25, 0.3) is 0 Å². The SMILES string of the molecule is CC(C)Cc1ccc2cc(CCC(N)=O)ccc2n1. The van der Waals surface area contributed by atoms with Crippen LogP contribution < -0.4 is 5.73 Å². The Morgan fingerprint density at radius 1 is 1.26 bits per heavy atom. The van der Waals surface area contributed by atoms with Gasteiger partial charge in [-0.25, -0.2) is 0 Å². The second-order valence-corrected chi connectivity index (χ2v) is 5.39.